The second kappa shape index (κ2) is 6.58. The van der Waals surface area contributed by atoms with Crippen molar-refractivity contribution in [3.05, 3.63) is 28.8 Å². The van der Waals surface area contributed by atoms with E-state index in [0.29, 0.717) is 28.7 Å². The first kappa shape index (κ1) is 15.2. The Morgan fingerprint density at radius 1 is 1.32 bits per heavy atom. The van der Waals surface area contributed by atoms with Gasteiger partial charge in [0.15, 0.2) is 0 Å². The summed E-state index contributed by atoms with van der Waals surface area (Å²) in [4.78, 5) is 14.4. The maximum Gasteiger partial charge on any atom is 0.225 e. The first-order valence-electron chi connectivity index (χ1n) is 7.93. The van der Waals surface area contributed by atoms with Crippen LogP contribution in [0.1, 0.15) is 37.7 Å². The summed E-state index contributed by atoms with van der Waals surface area (Å²) in [5, 5.41) is 13.1. The molecule has 1 aliphatic carbocycles. The normalized spacial score (nSPS) is 21.8. The lowest BCUT2D eigenvalue weighted by Gasteiger charge is -2.21. The molecule has 1 N–H and O–H groups in total. The number of nitriles is 1. The van der Waals surface area contributed by atoms with E-state index in [2.05, 4.69) is 11.4 Å². The van der Waals surface area contributed by atoms with Crippen LogP contribution < -0.4 is 5.32 Å². The van der Waals surface area contributed by atoms with Crippen LogP contribution >= 0.6 is 11.6 Å². The highest BCUT2D eigenvalue weighted by Gasteiger charge is 2.32. The van der Waals surface area contributed by atoms with E-state index >= 15 is 0 Å². The molecule has 0 aromatic heterocycles. The Hall–Kier alpha value is -1.73. The van der Waals surface area contributed by atoms with Crippen molar-refractivity contribution in [2.24, 2.45) is 5.92 Å². The highest BCUT2D eigenvalue weighted by molar-refractivity contribution is 6.33. The van der Waals surface area contributed by atoms with Crippen molar-refractivity contribution in [3.8, 4) is 6.07 Å². The fraction of sp³-hybridized carbons (Fsp3) is 0.529. The smallest absolute Gasteiger partial charge is 0.225 e. The lowest BCUT2D eigenvalue weighted by Crippen LogP contribution is -2.35. The molecule has 22 heavy (non-hydrogen) atoms. The van der Waals surface area contributed by atoms with E-state index in [1.54, 1.807) is 18.2 Å². The summed E-state index contributed by atoms with van der Waals surface area (Å²) in [7, 11) is 0. The Kier molecular flexibility index (Phi) is 4.54. The number of likely N-dealkylation sites (tertiary alicyclic amines) is 1. The van der Waals surface area contributed by atoms with Crippen LogP contribution in [-0.4, -0.2) is 29.9 Å². The van der Waals surface area contributed by atoms with E-state index in [0.717, 1.165) is 25.8 Å². The molecule has 0 bridgehead atoms. The molecule has 0 spiro atoms. The first-order chi connectivity index (χ1) is 10.7. The van der Waals surface area contributed by atoms with Crippen LogP contribution in [-0.2, 0) is 4.79 Å². The molecule has 1 aromatic rings. The fourth-order valence-corrected chi connectivity index (χ4v) is 3.71. The molecule has 5 heteroatoms. The Morgan fingerprint density at radius 3 is 2.82 bits per heavy atom. The van der Waals surface area contributed by atoms with Gasteiger partial charge in [-0.15, -0.1) is 0 Å². The molecule has 3 rings (SSSR count). The molecule has 2 aliphatic rings. The predicted octanol–water partition coefficient (Wildman–Crippen LogP) is 3.41. The minimum absolute atomic E-state index is 0.164. The van der Waals surface area contributed by atoms with Gasteiger partial charge in [0.25, 0.3) is 0 Å². The van der Waals surface area contributed by atoms with E-state index in [1.807, 2.05) is 4.90 Å². The summed E-state index contributed by atoms with van der Waals surface area (Å²) >= 11 is 6.19. The molecule has 0 radical (unpaired) electrons. The van der Waals surface area contributed by atoms with Gasteiger partial charge in [-0.1, -0.05) is 30.5 Å². The Labute approximate surface area is 136 Å². The number of hydrogen-bond acceptors (Lipinski definition) is 3. The lowest BCUT2D eigenvalue weighted by atomic mass is 10.1. The monoisotopic (exact) mass is 317 g/mol. The molecule has 1 atom stereocenters. The molecule has 1 saturated heterocycles. The SMILES string of the molecule is N#Cc1cccc(Cl)c1NC1CCN(C(=O)C2CCCC2)C1. The van der Waals surface area contributed by atoms with Crippen LogP contribution in [0.4, 0.5) is 5.69 Å². The molecule has 1 aromatic carbocycles. The largest absolute Gasteiger partial charge is 0.378 e. The summed E-state index contributed by atoms with van der Waals surface area (Å²) in [5.41, 5.74) is 1.24. The summed E-state index contributed by atoms with van der Waals surface area (Å²) in [6.45, 7) is 1.49. The quantitative estimate of drug-likeness (QED) is 0.929. The van der Waals surface area contributed by atoms with Gasteiger partial charge in [0.2, 0.25) is 5.91 Å². The number of carbonyl (C=O) groups excluding carboxylic acids is 1. The molecule has 1 saturated carbocycles. The Balaban J connectivity index is 1.64. The molecule has 1 heterocycles. The molecule has 2 fully saturated rings. The summed E-state index contributed by atoms with van der Waals surface area (Å²) in [6.07, 6.45) is 5.33. The van der Waals surface area contributed by atoms with E-state index in [-0.39, 0.29) is 12.0 Å². The van der Waals surface area contributed by atoms with Gasteiger partial charge < -0.3 is 10.2 Å². The second-order valence-electron chi connectivity index (χ2n) is 6.17. The van der Waals surface area contributed by atoms with Crippen LogP contribution in [0.3, 0.4) is 0 Å². The molecule has 1 aliphatic heterocycles. The van der Waals surface area contributed by atoms with Crippen molar-refractivity contribution >= 4 is 23.2 Å². The second-order valence-corrected chi connectivity index (χ2v) is 6.58. The van der Waals surface area contributed by atoms with Crippen LogP contribution in [0, 0.1) is 17.2 Å². The number of nitrogens with one attached hydrogen (secondary N) is 1. The van der Waals surface area contributed by atoms with Gasteiger partial charge >= 0.3 is 0 Å². The zero-order valence-corrected chi connectivity index (χ0v) is 13.3. The van der Waals surface area contributed by atoms with Gasteiger partial charge in [-0.2, -0.15) is 5.26 Å². The summed E-state index contributed by atoms with van der Waals surface area (Å²) < 4.78 is 0. The molecule has 116 valence electrons. The minimum atomic E-state index is 0.164. The van der Waals surface area contributed by atoms with E-state index in [9.17, 15) is 10.1 Å². The topological polar surface area (TPSA) is 56.1 Å². The number of halogens is 1. The van der Waals surface area contributed by atoms with Crippen LogP contribution in [0.2, 0.25) is 5.02 Å². The Morgan fingerprint density at radius 2 is 2.09 bits per heavy atom. The average Bonchev–Trinajstić information content (AvgIpc) is 3.20. The van der Waals surface area contributed by atoms with Crippen molar-refractivity contribution in [3.63, 3.8) is 0 Å². The van der Waals surface area contributed by atoms with Gasteiger partial charge in [0.05, 0.1) is 16.3 Å². The summed E-state index contributed by atoms with van der Waals surface area (Å²) in [6, 6.07) is 7.63. The number of rotatable bonds is 3. The number of anilines is 1. The standard InChI is InChI=1S/C17H20ClN3O/c18-15-7-3-6-13(10-19)16(15)20-14-8-9-21(11-14)17(22)12-4-1-2-5-12/h3,6-7,12,14,20H,1-2,4-5,8-9,11H2. The highest BCUT2D eigenvalue weighted by atomic mass is 35.5. The molecule has 1 unspecified atom stereocenters. The van der Waals surface area contributed by atoms with Gasteiger partial charge in [-0.25, -0.2) is 0 Å². The molecular formula is C17H20ClN3O. The van der Waals surface area contributed by atoms with Crippen molar-refractivity contribution < 1.29 is 4.79 Å². The maximum atomic E-state index is 12.5. The molecule has 1 amide bonds. The first-order valence-corrected chi connectivity index (χ1v) is 8.31. The van der Waals surface area contributed by atoms with Crippen LogP contribution in [0.5, 0.6) is 0 Å². The lowest BCUT2D eigenvalue weighted by molar-refractivity contribution is -0.134. The number of para-hydroxylation sites is 1. The van der Waals surface area contributed by atoms with Crippen molar-refractivity contribution in [2.45, 2.75) is 38.1 Å². The summed E-state index contributed by atoms with van der Waals surface area (Å²) in [5.74, 6) is 0.537. The third kappa shape index (κ3) is 3.05. The fourth-order valence-electron chi connectivity index (χ4n) is 3.48. The van der Waals surface area contributed by atoms with E-state index in [1.165, 1.54) is 12.8 Å². The number of benzene rings is 1. The molecule has 4 nitrogen and oxygen atoms in total. The zero-order valence-electron chi connectivity index (χ0n) is 12.5. The average molecular weight is 318 g/mol. The van der Waals surface area contributed by atoms with Crippen LogP contribution in [0.15, 0.2) is 18.2 Å². The predicted molar refractivity (Wildman–Crippen MR) is 86.7 cm³/mol. The number of hydrogen-bond donors (Lipinski definition) is 1. The van der Waals surface area contributed by atoms with Crippen LogP contribution in [0.25, 0.3) is 0 Å². The molecular weight excluding hydrogens is 298 g/mol. The number of nitrogens with zero attached hydrogens (tertiary/aromatic N) is 2. The van der Waals surface area contributed by atoms with Gasteiger partial charge in [-0.3, -0.25) is 4.79 Å². The minimum Gasteiger partial charge on any atom is -0.378 e. The van der Waals surface area contributed by atoms with E-state index in [4.69, 9.17) is 11.6 Å². The zero-order chi connectivity index (χ0) is 15.5. The van der Waals surface area contributed by atoms with Gasteiger partial charge in [0, 0.05) is 25.0 Å². The number of amides is 1. The third-order valence-corrected chi connectivity index (χ3v) is 5.00. The van der Waals surface area contributed by atoms with Gasteiger partial charge in [0.1, 0.15) is 6.07 Å². The van der Waals surface area contributed by atoms with Gasteiger partial charge in [-0.05, 0) is 31.4 Å². The van der Waals surface area contributed by atoms with Crippen molar-refractivity contribution in [1.82, 2.24) is 4.90 Å². The van der Waals surface area contributed by atoms with Crippen molar-refractivity contribution in [1.29, 1.82) is 5.26 Å². The highest BCUT2D eigenvalue weighted by Crippen LogP contribution is 2.30. The number of carbonyl (C=O) groups is 1. The third-order valence-electron chi connectivity index (χ3n) is 4.69. The Bertz CT molecular complexity index is 604. The maximum absolute atomic E-state index is 12.5. The van der Waals surface area contributed by atoms with E-state index < -0.39 is 0 Å². The van der Waals surface area contributed by atoms with Crippen molar-refractivity contribution in [2.75, 3.05) is 18.4 Å².